The molecule has 0 N–H and O–H groups in total. The number of carbonyl (C=O) groups excluding carboxylic acids is 1. The average molecular weight is 253 g/mol. The summed E-state index contributed by atoms with van der Waals surface area (Å²) in [7, 11) is 0. The first kappa shape index (κ1) is 13.4. The topological polar surface area (TPSA) is 47.9 Å². The van der Waals surface area contributed by atoms with Crippen LogP contribution in [-0.2, 0) is 14.4 Å². The minimum Gasteiger partial charge on any atom is -0.462 e. The maximum Gasteiger partial charge on any atom is 0.353 e. The molecule has 1 heterocycles. The second-order valence-corrected chi connectivity index (χ2v) is 6.45. The highest BCUT2D eigenvalue weighted by atomic mass is 16.7. The van der Waals surface area contributed by atoms with Gasteiger partial charge in [-0.15, -0.1) is 0 Å². The van der Waals surface area contributed by atoms with Crippen molar-refractivity contribution in [1.82, 2.24) is 0 Å². The maximum atomic E-state index is 12.2. The van der Waals surface area contributed by atoms with E-state index in [1.54, 1.807) is 0 Å². The SMILES string of the molecule is CCC1(C(=O)OCC2CC2)CC(C(C)(C)C)=NO1. The van der Waals surface area contributed by atoms with Gasteiger partial charge in [0.05, 0.1) is 12.3 Å². The minimum absolute atomic E-state index is 0.0618. The van der Waals surface area contributed by atoms with Gasteiger partial charge in [-0.2, -0.15) is 0 Å². The second kappa shape index (κ2) is 4.56. The Bertz CT molecular complexity index is 366. The van der Waals surface area contributed by atoms with Gasteiger partial charge in [-0.05, 0) is 25.2 Å². The molecule has 0 radical (unpaired) electrons. The summed E-state index contributed by atoms with van der Waals surface area (Å²) in [6.45, 7) is 8.72. The van der Waals surface area contributed by atoms with E-state index in [1.807, 2.05) is 6.92 Å². The Balaban J connectivity index is 1.97. The van der Waals surface area contributed by atoms with Crippen LogP contribution in [-0.4, -0.2) is 23.9 Å². The summed E-state index contributed by atoms with van der Waals surface area (Å²) in [6.07, 6.45) is 3.50. The van der Waals surface area contributed by atoms with E-state index in [0.29, 0.717) is 25.4 Å². The first-order chi connectivity index (χ1) is 8.37. The van der Waals surface area contributed by atoms with Crippen LogP contribution in [0, 0.1) is 11.3 Å². The number of hydrogen-bond donors (Lipinski definition) is 0. The third-order valence-electron chi connectivity index (χ3n) is 3.74. The molecule has 0 amide bonds. The number of nitrogens with zero attached hydrogens (tertiary/aromatic N) is 1. The van der Waals surface area contributed by atoms with Crippen molar-refractivity contribution in [3.63, 3.8) is 0 Å². The van der Waals surface area contributed by atoms with Crippen LogP contribution in [0.5, 0.6) is 0 Å². The number of oxime groups is 1. The van der Waals surface area contributed by atoms with Crippen molar-refractivity contribution in [1.29, 1.82) is 0 Å². The van der Waals surface area contributed by atoms with Crippen LogP contribution in [0.25, 0.3) is 0 Å². The van der Waals surface area contributed by atoms with Crippen molar-refractivity contribution in [2.45, 2.75) is 59.0 Å². The highest BCUT2D eigenvalue weighted by Gasteiger charge is 2.48. The van der Waals surface area contributed by atoms with Crippen LogP contribution in [0.1, 0.15) is 53.4 Å². The summed E-state index contributed by atoms with van der Waals surface area (Å²) in [5, 5.41) is 4.11. The molecule has 0 bridgehead atoms. The minimum atomic E-state index is -0.877. The molecule has 4 heteroatoms. The molecule has 102 valence electrons. The highest BCUT2D eigenvalue weighted by Crippen LogP contribution is 2.36. The summed E-state index contributed by atoms with van der Waals surface area (Å²) in [4.78, 5) is 17.6. The van der Waals surface area contributed by atoms with Crippen molar-refractivity contribution < 1.29 is 14.4 Å². The van der Waals surface area contributed by atoms with Crippen molar-refractivity contribution in [2.75, 3.05) is 6.61 Å². The monoisotopic (exact) mass is 253 g/mol. The van der Waals surface area contributed by atoms with Crippen molar-refractivity contribution in [3.8, 4) is 0 Å². The fourth-order valence-electron chi connectivity index (χ4n) is 1.93. The zero-order chi connectivity index (χ0) is 13.4. The summed E-state index contributed by atoms with van der Waals surface area (Å²) in [6, 6.07) is 0. The van der Waals surface area contributed by atoms with E-state index in [-0.39, 0.29) is 11.4 Å². The number of ether oxygens (including phenoxy) is 1. The largest absolute Gasteiger partial charge is 0.462 e. The molecule has 2 aliphatic rings. The third kappa shape index (κ3) is 2.68. The van der Waals surface area contributed by atoms with Crippen molar-refractivity contribution in [3.05, 3.63) is 0 Å². The van der Waals surface area contributed by atoms with Gasteiger partial charge >= 0.3 is 5.97 Å². The molecule has 0 aromatic carbocycles. The van der Waals surface area contributed by atoms with Gasteiger partial charge in [0.1, 0.15) is 0 Å². The molecule has 0 spiro atoms. The van der Waals surface area contributed by atoms with Crippen LogP contribution < -0.4 is 0 Å². The summed E-state index contributed by atoms with van der Waals surface area (Å²) >= 11 is 0. The van der Waals surface area contributed by atoms with E-state index >= 15 is 0 Å². The van der Waals surface area contributed by atoms with Crippen LogP contribution in [0.2, 0.25) is 0 Å². The molecular weight excluding hydrogens is 230 g/mol. The molecule has 4 nitrogen and oxygen atoms in total. The molecule has 1 unspecified atom stereocenters. The van der Waals surface area contributed by atoms with Gasteiger partial charge in [0.15, 0.2) is 0 Å². The number of hydrogen-bond acceptors (Lipinski definition) is 4. The van der Waals surface area contributed by atoms with Gasteiger partial charge in [-0.25, -0.2) is 4.79 Å². The zero-order valence-corrected chi connectivity index (χ0v) is 11.8. The average Bonchev–Trinajstić information content (AvgIpc) is 3.01. The van der Waals surface area contributed by atoms with E-state index in [4.69, 9.17) is 9.57 Å². The molecule has 1 aliphatic heterocycles. The molecule has 1 saturated carbocycles. The van der Waals surface area contributed by atoms with E-state index in [2.05, 4.69) is 25.9 Å². The molecule has 1 atom stereocenters. The van der Waals surface area contributed by atoms with Gasteiger partial charge in [-0.1, -0.05) is 32.9 Å². The summed E-state index contributed by atoms with van der Waals surface area (Å²) < 4.78 is 5.37. The fraction of sp³-hybridized carbons (Fsp3) is 0.857. The lowest BCUT2D eigenvalue weighted by atomic mass is 9.82. The smallest absolute Gasteiger partial charge is 0.353 e. The Hall–Kier alpha value is -1.06. The molecular formula is C14H23NO3. The molecule has 18 heavy (non-hydrogen) atoms. The van der Waals surface area contributed by atoms with Crippen molar-refractivity contribution in [2.24, 2.45) is 16.5 Å². The molecule has 1 fully saturated rings. The first-order valence-corrected chi connectivity index (χ1v) is 6.80. The van der Waals surface area contributed by atoms with Gasteiger partial charge in [0, 0.05) is 11.8 Å². The van der Waals surface area contributed by atoms with Gasteiger partial charge in [0.25, 0.3) is 0 Å². The van der Waals surface area contributed by atoms with E-state index < -0.39 is 5.60 Å². The van der Waals surface area contributed by atoms with Crippen LogP contribution in [0.15, 0.2) is 5.16 Å². The standard InChI is InChI=1S/C14H23NO3/c1-5-14(12(16)17-9-10-6-7-10)8-11(15-18-14)13(2,3)4/h10H,5-9H2,1-4H3. The van der Waals surface area contributed by atoms with Crippen LogP contribution >= 0.6 is 0 Å². The lowest BCUT2D eigenvalue weighted by Crippen LogP contribution is -2.41. The lowest BCUT2D eigenvalue weighted by molar-refractivity contribution is -0.170. The maximum absolute atomic E-state index is 12.2. The lowest BCUT2D eigenvalue weighted by Gasteiger charge is -2.24. The van der Waals surface area contributed by atoms with E-state index in [1.165, 1.54) is 12.8 Å². The van der Waals surface area contributed by atoms with Gasteiger partial charge < -0.3 is 9.57 Å². The number of rotatable bonds is 4. The third-order valence-corrected chi connectivity index (χ3v) is 3.74. The van der Waals surface area contributed by atoms with Crippen LogP contribution in [0.4, 0.5) is 0 Å². The molecule has 0 saturated heterocycles. The number of esters is 1. The molecule has 0 aromatic heterocycles. The zero-order valence-electron chi connectivity index (χ0n) is 11.8. The molecule has 2 rings (SSSR count). The van der Waals surface area contributed by atoms with Gasteiger partial charge in [0.2, 0.25) is 5.60 Å². The van der Waals surface area contributed by atoms with E-state index in [9.17, 15) is 4.79 Å². The predicted octanol–water partition coefficient (Wildman–Crippen LogP) is 2.91. The van der Waals surface area contributed by atoms with E-state index in [0.717, 1.165) is 5.71 Å². The highest BCUT2D eigenvalue weighted by molar-refractivity contribution is 5.96. The normalized spacial score (nSPS) is 27.7. The number of carbonyl (C=O) groups is 1. The first-order valence-electron chi connectivity index (χ1n) is 6.80. The fourth-order valence-corrected chi connectivity index (χ4v) is 1.93. The Morgan fingerprint density at radius 3 is 2.61 bits per heavy atom. The Morgan fingerprint density at radius 2 is 2.17 bits per heavy atom. The quantitative estimate of drug-likeness (QED) is 0.724. The van der Waals surface area contributed by atoms with Crippen molar-refractivity contribution >= 4 is 11.7 Å². The second-order valence-electron chi connectivity index (χ2n) is 6.45. The Kier molecular flexibility index (Phi) is 3.39. The van der Waals surface area contributed by atoms with Gasteiger partial charge in [-0.3, -0.25) is 0 Å². The van der Waals surface area contributed by atoms with Crippen LogP contribution in [0.3, 0.4) is 0 Å². The predicted molar refractivity (Wildman–Crippen MR) is 69.3 cm³/mol. The molecule has 1 aliphatic carbocycles. The summed E-state index contributed by atoms with van der Waals surface area (Å²) in [5.41, 5.74) is -0.00158. The Morgan fingerprint density at radius 1 is 1.50 bits per heavy atom. The summed E-state index contributed by atoms with van der Waals surface area (Å²) in [5.74, 6) is 0.326. The molecule has 0 aromatic rings. The Labute approximate surface area is 109 Å².